The van der Waals surface area contributed by atoms with Gasteiger partial charge in [0.2, 0.25) is 0 Å². The van der Waals surface area contributed by atoms with Gasteiger partial charge >= 0.3 is 0 Å². The molecule has 0 saturated heterocycles. The summed E-state index contributed by atoms with van der Waals surface area (Å²) in [7, 11) is 0. The van der Waals surface area contributed by atoms with E-state index in [-0.39, 0.29) is 15.9 Å². The van der Waals surface area contributed by atoms with Gasteiger partial charge in [0, 0.05) is 5.56 Å². The van der Waals surface area contributed by atoms with Crippen LogP contribution in [0.1, 0.15) is 5.69 Å². The van der Waals surface area contributed by atoms with Gasteiger partial charge in [0.1, 0.15) is 10.3 Å². The molecule has 0 radical (unpaired) electrons. The highest BCUT2D eigenvalue weighted by Gasteiger charge is 2.14. The van der Waals surface area contributed by atoms with E-state index >= 15 is 0 Å². The molecule has 94 valence electrons. The van der Waals surface area contributed by atoms with Crippen molar-refractivity contribution in [3.8, 4) is 11.4 Å². The standard InChI is InChI=1S/C11H6BrF3N2O/c1-4-8(12)11(18)17-10(16-4)5-2-6(13)9(15)7(14)3-5/h2-3H,1H3,(H,16,17,18). The van der Waals surface area contributed by atoms with Gasteiger partial charge in [0.25, 0.3) is 5.56 Å². The molecule has 18 heavy (non-hydrogen) atoms. The number of aromatic amines is 1. The van der Waals surface area contributed by atoms with Crippen LogP contribution in [0.15, 0.2) is 21.4 Å². The maximum absolute atomic E-state index is 13.1. The summed E-state index contributed by atoms with van der Waals surface area (Å²) in [5.41, 5.74) is -0.166. The fraction of sp³-hybridized carbons (Fsp3) is 0.0909. The van der Waals surface area contributed by atoms with E-state index in [2.05, 4.69) is 25.9 Å². The highest BCUT2D eigenvalue weighted by Crippen LogP contribution is 2.21. The Balaban J connectivity index is 2.66. The average Bonchev–Trinajstić information content (AvgIpc) is 2.31. The van der Waals surface area contributed by atoms with Crippen LogP contribution in [0.5, 0.6) is 0 Å². The first-order chi connectivity index (χ1) is 8.40. The number of halogens is 4. The Hall–Kier alpha value is -1.63. The van der Waals surface area contributed by atoms with Crippen LogP contribution in [-0.4, -0.2) is 9.97 Å². The van der Waals surface area contributed by atoms with Crippen molar-refractivity contribution in [1.29, 1.82) is 0 Å². The third-order valence-corrected chi connectivity index (χ3v) is 3.22. The fourth-order valence-electron chi connectivity index (χ4n) is 1.40. The van der Waals surface area contributed by atoms with Crippen molar-refractivity contribution >= 4 is 15.9 Å². The Morgan fingerprint density at radius 1 is 1.22 bits per heavy atom. The fourth-order valence-corrected chi connectivity index (χ4v) is 1.59. The minimum absolute atomic E-state index is 0.0292. The summed E-state index contributed by atoms with van der Waals surface area (Å²) in [4.78, 5) is 17.8. The van der Waals surface area contributed by atoms with E-state index < -0.39 is 23.0 Å². The summed E-state index contributed by atoms with van der Waals surface area (Å²) in [5, 5.41) is 0. The van der Waals surface area contributed by atoms with E-state index in [0.29, 0.717) is 5.69 Å². The Morgan fingerprint density at radius 3 is 2.28 bits per heavy atom. The molecule has 1 aromatic heterocycles. The lowest BCUT2D eigenvalue weighted by Crippen LogP contribution is -2.12. The number of nitrogens with zero attached hydrogens (tertiary/aromatic N) is 1. The van der Waals surface area contributed by atoms with Crippen LogP contribution in [0.2, 0.25) is 0 Å². The number of aromatic nitrogens is 2. The van der Waals surface area contributed by atoms with Crippen LogP contribution < -0.4 is 5.56 Å². The van der Waals surface area contributed by atoms with E-state index in [1.165, 1.54) is 0 Å². The van der Waals surface area contributed by atoms with Crippen molar-refractivity contribution in [2.24, 2.45) is 0 Å². The van der Waals surface area contributed by atoms with Crippen molar-refractivity contribution < 1.29 is 13.2 Å². The summed E-state index contributed by atoms with van der Waals surface area (Å²) in [6, 6.07) is 1.54. The number of hydrogen-bond acceptors (Lipinski definition) is 2. The Labute approximate surface area is 108 Å². The number of H-pyrrole nitrogens is 1. The molecular weight excluding hydrogens is 313 g/mol. The molecule has 0 aliphatic carbocycles. The minimum Gasteiger partial charge on any atom is -0.306 e. The second-order valence-electron chi connectivity index (χ2n) is 3.57. The van der Waals surface area contributed by atoms with Crippen LogP contribution in [0.25, 0.3) is 11.4 Å². The van der Waals surface area contributed by atoms with E-state index in [1.54, 1.807) is 6.92 Å². The molecule has 0 fully saturated rings. The SMILES string of the molecule is Cc1nc(-c2cc(F)c(F)c(F)c2)[nH]c(=O)c1Br. The Morgan fingerprint density at radius 2 is 1.78 bits per heavy atom. The van der Waals surface area contributed by atoms with Gasteiger partial charge in [-0.2, -0.15) is 0 Å². The van der Waals surface area contributed by atoms with Crippen LogP contribution in [0, 0.1) is 24.4 Å². The molecule has 1 heterocycles. The number of hydrogen-bond donors (Lipinski definition) is 1. The highest BCUT2D eigenvalue weighted by atomic mass is 79.9. The summed E-state index contributed by atoms with van der Waals surface area (Å²) in [6.45, 7) is 1.55. The monoisotopic (exact) mass is 318 g/mol. The van der Waals surface area contributed by atoms with Gasteiger partial charge in [0.15, 0.2) is 17.5 Å². The molecule has 0 amide bonds. The molecule has 2 rings (SSSR count). The molecule has 1 aromatic carbocycles. The molecule has 0 aliphatic rings. The number of aryl methyl sites for hydroxylation is 1. The maximum atomic E-state index is 13.1. The third-order valence-electron chi connectivity index (χ3n) is 2.29. The minimum atomic E-state index is -1.56. The molecular formula is C11H6BrF3N2O. The van der Waals surface area contributed by atoms with Gasteiger partial charge < -0.3 is 4.98 Å². The van der Waals surface area contributed by atoms with Crippen molar-refractivity contribution in [1.82, 2.24) is 9.97 Å². The van der Waals surface area contributed by atoms with Gasteiger partial charge in [0.05, 0.1) is 5.69 Å². The number of rotatable bonds is 1. The Bertz CT molecular complexity index is 661. The maximum Gasteiger partial charge on any atom is 0.265 e. The predicted octanol–water partition coefficient (Wildman–Crippen LogP) is 2.93. The normalized spacial score (nSPS) is 10.7. The largest absolute Gasteiger partial charge is 0.306 e. The van der Waals surface area contributed by atoms with Gasteiger partial charge in [-0.25, -0.2) is 18.2 Å². The summed E-state index contributed by atoms with van der Waals surface area (Å²) in [6.07, 6.45) is 0. The first kappa shape index (κ1) is 12.8. The average molecular weight is 319 g/mol. The second-order valence-corrected chi connectivity index (χ2v) is 4.36. The van der Waals surface area contributed by atoms with E-state index in [0.717, 1.165) is 12.1 Å². The molecule has 0 unspecified atom stereocenters. The van der Waals surface area contributed by atoms with Crippen molar-refractivity contribution in [2.45, 2.75) is 6.92 Å². The first-order valence-corrected chi connectivity index (χ1v) is 5.60. The zero-order chi connectivity index (χ0) is 13.4. The molecule has 7 heteroatoms. The second kappa shape index (κ2) is 4.56. The van der Waals surface area contributed by atoms with Gasteiger partial charge in [-0.1, -0.05) is 0 Å². The Kier molecular flexibility index (Phi) is 3.25. The smallest absolute Gasteiger partial charge is 0.265 e. The van der Waals surface area contributed by atoms with E-state index in [9.17, 15) is 18.0 Å². The molecule has 1 N–H and O–H groups in total. The molecule has 0 bridgehead atoms. The number of nitrogens with one attached hydrogen (secondary N) is 1. The van der Waals surface area contributed by atoms with E-state index in [1.807, 2.05) is 0 Å². The zero-order valence-corrected chi connectivity index (χ0v) is 10.6. The third kappa shape index (κ3) is 2.17. The number of benzene rings is 1. The molecule has 0 aliphatic heterocycles. The van der Waals surface area contributed by atoms with Crippen molar-refractivity contribution in [3.05, 3.63) is 50.1 Å². The van der Waals surface area contributed by atoms with Gasteiger partial charge in [-0.3, -0.25) is 4.79 Å². The van der Waals surface area contributed by atoms with Crippen LogP contribution in [-0.2, 0) is 0 Å². The molecule has 0 atom stereocenters. The summed E-state index contributed by atoms with van der Waals surface area (Å²) < 4.78 is 39.2. The zero-order valence-electron chi connectivity index (χ0n) is 9.02. The predicted molar refractivity (Wildman–Crippen MR) is 62.6 cm³/mol. The molecule has 3 nitrogen and oxygen atoms in total. The van der Waals surface area contributed by atoms with Crippen LogP contribution in [0.4, 0.5) is 13.2 Å². The van der Waals surface area contributed by atoms with Crippen LogP contribution in [0.3, 0.4) is 0 Å². The summed E-state index contributed by atoms with van der Waals surface area (Å²) in [5.74, 6) is -4.27. The van der Waals surface area contributed by atoms with Crippen LogP contribution >= 0.6 is 15.9 Å². The van der Waals surface area contributed by atoms with Gasteiger partial charge in [-0.05, 0) is 35.0 Å². The molecule has 2 aromatic rings. The highest BCUT2D eigenvalue weighted by molar-refractivity contribution is 9.10. The lowest BCUT2D eigenvalue weighted by Gasteiger charge is -2.04. The first-order valence-electron chi connectivity index (χ1n) is 4.81. The topological polar surface area (TPSA) is 45.8 Å². The lowest BCUT2D eigenvalue weighted by molar-refractivity contribution is 0.447. The van der Waals surface area contributed by atoms with E-state index in [4.69, 9.17) is 0 Å². The molecule has 0 saturated carbocycles. The van der Waals surface area contributed by atoms with Gasteiger partial charge in [-0.15, -0.1) is 0 Å². The van der Waals surface area contributed by atoms with Crippen molar-refractivity contribution in [3.63, 3.8) is 0 Å². The summed E-state index contributed by atoms with van der Waals surface area (Å²) >= 11 is 3.01. The quantitative estimate of drug-likeness (QED) is 0.822. The van der Waals surface area contributed by atoms with Crippen molar-refractivity contribution in [2.75, 3.05) is 0 Å². The lowest BCUT2D eigenvalue weighted by atomic mass is 10.2. The molecule has 0 spiro atoms.